The largest absolute Gasteiger partial charge is 0.486 e. The first-order valence-corrected chi connectivity index (χ1v) is 9.01. The molecule has 0 N–H and O–H groups in total. The second kappa shape index (κ2) is 8.34. The van der Waals surface area contributed by atoms with Gasteiger partial charge in [0.2, 0.25) is 5.91 Å². The van der Waals surface area contributed by atoms with Gasteiger partial charge < -0.3 is 14.4 Å². The van der Waals surface area contributed by atoms with Crippen LogP contribution in [0.5, 0.6) is 11.5 Å². The Labute approximate surface area is 158 Å². The third-order valence-corrected chi connectivity index (χ3v) is 4.63. The van der Waals surface area contributed by atoms with Gasteiger partial charge in [0.15, 0.2) is 23.4 Å². The highest BCUT2D eigenvalue weighted by Crippen LogP contribution is 2.30. The third kappa shape index (κ3) is 4.73. The summed E-state index contributed by atoms with van der Waals surface area (Å²) in [4.78, 5) is 16.3. The Hall–Kier alpha value is -2.68. The number of hydrogen-bond donors (Lipinski definition) is 0. The van der Waals surface area contributed by atoms with Gasteiger partial charge in [-0.2, -0.15) is 0 Å². The zero-order chi connectivity index (χ0) is 19.4. The van der Waals surface area contributed by atoms with Crippen LogP contribution in [-0.4, -0.2) is 75.3 Å². The quantitative estimate of drug-likeness (QED) is 0.709. The van der Waals surface area contributed by atoms with Crippen LogP contribution in [0.4, 0.5) is 0 Å². The summed E-state index contributed by atoms with van der Waals surface area (Å²) in [5.74, 6) is 2.02. The predicted molar refractivity (Wildman–Crippen MR) is 98.4 cm³/mol. The third-order valence-electron chi connectivity index (χ3n) is 4.63. The number of tetrazole rings is 1. The molecule has 1 atom stereocenters. The van der Waals surface area contributed by atoms with Gasteiger partial charge in [0.05, 0.1) is 13.1 Å². The van der Waals surface area contributed by atoms with E-state index in [0.717, 1.165) is 5.75 Å². The Morgan fingerprint density at radius 2 is 2.04 bits per heavy atom. The SMILES string of the molecule is CC(C)N(C)Cc1nnnn1CC(=O)N(C)C[C@@H]1COc2ccccc2O1. The number of carbonyl (C=O) groups excluding carboxylic acids is 1. The zero-order valence-electron chi connectivity index (χ0n) is 16.2. The fraction of sp³-hybridized carbons (Fsp3) is 0.556. The molecule has 1 aromatic carbocycles. The van der Waals surface area contributed by atoms with Crippen molar-refractivity contribution in [3.8, 4) is 11.5 Å². The number of ether oxygens (including phenoxy) is 2. The van der Waals surface area contributed by atoms with Gasteiger partial charge in [-0.05, 0) is 43.5 Å². The van der Waals surface area contributed by atoms with Gasteiger partial charge in [0.1, 0.15) is 13.2 Å². The van der Waals surface area contributed by atoms with Gasteiger partial charge in [0.25, 0.3) is 0 Å². The molecule has 1 aliphatic rings. The summed E-state index contributed by atoms with van der Waals surface area (Å²) in [5.41, 5.74) is 0. The van der Waals surface area contributed by atoms with Crippen LogP contribution >= 0.6 is 0 Å². The monoisotopic (exact) mass is 374 g/mol. The van der Waals surface area contributed by atoms with Gasteiger partial charge in [0, 0.05) is 13.1 Å². The number of benzene rings is 1. The molecule has 0 saturated carbocycles. The van der Waals surface area contributed by atoms with Crippen molar-refractivity contribution in [2.45, 2.75) is 39.1 Å². The average Bonchev–Trinajstić information content (AvgIpc) is 3.08. The molecule has 2 heterocycles. The average molecular weight is 374 g/mol. The number of para-hydroxylation sites is 2. The molecule has 146 valence electrons. The van der Waals surface area contributed by atoms with E-state index in [1.165, 1.54) is 0 Å². The molecule has 0 saturated heterocycles. The Balaban J connectivity index is 1.55. The maximum Gasteiger partial charge on any atom is 0.244 e. The van der Waals surface area contributed by atoms with Gasteiger partial charge in [-0.15, -0.1) is 5.10 Å². The molecule has 2 aromatic rings. The van der Waals surface area contributed by atoms with E-state index in [4.69, 9.17) is 9.47 Å². The summed E-state index contributed by atoms with van der Waals surface area (Å²) < 4.78 is 13.2. The minimum absolute atomic E-state index is 0.0850. The smallest absolute Gasteiger partial charge is 0.244 e. The lowest BCUT2D eigenvalue weighted by atomic mass is 10.2. The lowest BCUT2D eigenvalue weighted by molar-refractivity contribution is -0.132. The molecule has 1 aromatic heterocycles. The predicted octanol–water partition coefficient (Wildman–Crippen LogP) is 0.812. The van der Waals surface area contributed by atoms with E-state index in [0.29, 0.717) is 37.3 Å². The molecule has 0 aliphatic carbocycles. The first kappa shape index (κ1) is 19.1. The second-order valence-corrected chi connectivity index (χ2v) is 7.03. The fourth-order valence-electron chi connectivity index (χ4n) is 2.67. The molecule has 1 amide bonds. The summed E-state index contributed by atoms with van der Waals surface area (Å²) in [5, 5.41) is 11.7. The van der Waals surface area contributed by atoms with Crippen molar-refractivity contribution < 1.29 is 14.3 Å². The van der Waals surface area contributed by atoms with Crippen LogP contribution in [0.25, 0.3) is 0 Å². The first-order chi connectivity index (χ1) is 12.9. The molecule has 0 unspecified atom stereocenters. The Bertz CT molecular complexity index is 778. The molecule has 1 aliphatic heterocycles. The summed E-state index contributed by atoms with van der Waals surface area (Å²) in [6, 6.07) is 7.89. The number of hydrogen-bond acceptors (Lipinski definition) is 7. The molecular formula is C18H26N6O3. The van der Waals surface area contributed by atoms with E-state index in [1.807, 2.05) is 31.3 Å². The van der Waals surface area contributed by atoms with Gasteiger partial charge in [-0.25, -0.2) is 4.68 Å². The summed E-state index contributed by atoms with van der Waals surface area (Å²) in [7, 11) is 3.74. The maximum absolute atomic E-state index is 12.6. The first-order valence-electron chi connectivity index (χ1n) is 9.01. The molecule has 9 heteroatoms. The summed E-state index contributed by atoms with van der Waals surface area (Å²) in [6.07, 6.45) is -0.214. The topological polar surface area (TPSA) is 85.6 Å². The lowest BCUT2D eigenvalue weighted by Gasteiger charge is -2.29. The second-order valence-electron chi connectivity index (χ2n) is 7.03. The van der Waals surface area contributed by atoms with E-state index in [2.05, 4.69) is 34.3 Å². The van der Waals surface area contributed by atoms with E-state index in [-0.39, 0.29) is 18.6 Å². The highest BCUT2D eigenvalue weighted by Gasteiger charge is 2.24. The van der Waals surface area contributed by atoms with Gasteiger partial charge in [-0.1, -0.05) is 12.1 Å². The maximum atomic E-state index is 12.6. The van der Waals surface area contributed by atoms with Crippen molar-refractivity contribution in [2.75, 3.05) is 27.2 Å². The van der Waals surface area contributed by atoms with Crippen molar-refractivity contribution in [1.29, 1.82) is 0 Å². The van der Waals surface area contributed by atoms with E-state index < -0.39 is 0 Å². The fourth-order valence-corrected chi connectivity index (χ4v) is 2.67. The molecule has 9 nitrogen and oxygen atoms in total. The molecular weight excluding hydrogens is 348 g/mol. The van der Waals surface area contributed by atoms with E-state index >= 15 is 0 Å². The van der Waals surface area contributed by atoms with Crippen molar-refractivity contribution in [1.82, 2.24) is 30.0 Å². The number of carbonyl (C=O) groups is 1. The minimum Gasteiger partial charge on any atom is -0.486 e. The van der Waals surface area contributed by atoms with Crippen molar-refractivity contribution >= 4 is 5.91 Å². The van der Waals surface area contributed by atoms with Crippen molar-refractivity contribution in [3.63, 3.8) is 0 Å². The Kier molecular flexibility index (Phi) is 5.90. The standard InChI is InChI=1S/C18H26N6O3/c1-13(2)22(3)10-17-19-20-21-24(17)11-18(25)23(4)9-14-12-26-15-7-5-6-8-16(15)27-14/h5-8,13-14H,9-12H2,1-4H3/t14-/m1/s1. The molecule has 0 radical (unpaired) electrons. The van der Waals surface area contributed by atoms with Crippen LogP contribution in [0, 0.1) is 0 Å². The Morgan fingerprint density at radius 1 is 1.30 bits per heavy atom. The number of fused-ring (bicyclic) bond motifs is 1. The lowest BCUT2D eigenvalue weighted by Crippen LogP contribution is -2.43. The summed E-state index contributed by atoms with van der Waals surface area (Å²) >= 11 is 0. The highest BCUT2D eigenvalue weighted by molar-refractivity contribution is 5.75. The molecule has 0 spiro atoms. The van der Waals surface area contributed by atoms with Crippen LogP contribution in [0.3, 0.4) is 0 Å². The summed E-state index contributed by atoms with van der Waals surface area (Å²) in [6.45, 7) is 5.70. The number of likely N-dealkylation sites (N-methyl/N-ethyl adjacent to an activating group) is 1. The Morgan fingerprint density at radius 3 is 2.78 bits per heavy atom. The zero-order valence-corrected chi connectivity index (χ0v) is 16.2. The molecule has 0 fully saturated rings. The molecule has 3 rings (SSSR count). The number of aromatic nitrogens is 4. The van der Waals surface area contributed by atoms with Crippen LogP contribution in [-0.2, 0) is 17.9 Å². The minimum atomic E-state index is -0.214. The van der Waals surface area contributed by atoms with E-state index in [1.54, 1.807) is 16.6 Å². The highest BCUT2D eigenvalue weighted by atomic mass is 16.6. The number of amides is 1. The van der Waals surface area contributed by atoms with Gasteiger partial charge >= 0.3 is 0 Å². The van der Waals surface area contributed by atoms with Crippen LogP contribution in [0.2, 0.25) is 0 Å². The number of rotatable bonds is 7. The number of nitrogens with zero attached hydrogens (tertiary/aromatic N) is 6. The molecule has 0 bridgehead atoms. The van der Waals surface area contributed by atoms with E-state index in [9.17, 15) is 4.79 Å². The van der Waals surface area contributed by atoms with Crippen LogP contribution in [0.15, 0.2) is 24.3 Å². The normalized spacial score (nSPS) is 16.0. The van der Waals surface area contributed by atoms with Crippen LogP contribution < -0.4 is 9.47 Å². The van der Waals surface area contributed by atoms with Crippen LogP contribution in [0.1, 0.15) is 19.7 Å². The van der Waals surface area contributed by atoms with Gasteiger partial charge in [-0.3, -0.25) is 9.69 Å². The van der Waals surface area contributed by atoms with Crippen molar-refractivity contribution in [3.05, 3.63) is 30.1 Å². The molecule has 27 heavy (non-hydrogen) atoms. The van der Waals surface area contributed by atoms with Crippen molar-refractivity contribution in [2.24, 2.45) is 0 Å².